The van der Waals surface area contributed by atoms with Gasteiger partial charge in [-0.25, -0.2) is 9.78 Å². The van der Waals surface area contributed by atoms with E-state index in [1.54, 1.807) is 12.1 Å². The van der Waals surface area contributed by atoms with Crippen molar-refractivity contribution in [3.63, 3.8) is 0 Å². The van der Waals surface area contributed by atoms with Crippen LogP contribution in [0.15, 0.2) is 32.7 Å². The summed E-state index contributed by atoms with van der Waals surface area (Å²) in [5.74, 6) is -0.264. The van der Waals surface area contributed by atoms with E-state index >= 15 is 0 Å². The molecule has 2 aromatic rings. The summed E-state index contributed by atoms with van der Waals surface area (Å²) in [4.78, 5) is 15.8. The maximum atomic E-state index is 10.8. The lowest BCUT2D eigenvalue weighted by Crippen LogP contribution is -2.01. The molecule has 5 nitrogen and oxygen atoms in total. The van der Waals surface area contributed by atoms with Gasteiger partial charge in [-0.1, -0.05) is 0 Å². The Morgan fingerprint density at radius 1 is 1.44 bits per heavy atom. The van der Waals surface area contributed by atoms with Crippen molar-refractivity contribution in [2.45, 2.75) is 24.0 Å². The number of carboxylic acids is 1. The third-order valence-corrected chi connectivity index (χ3v) is 3.31. The number of anilines is 1. The first kappa shape index (κ1) is 12.5. The van der Waals surface area contributed by atoms with Crippen LogP contribution in [-0.2, 0) is 0 Å². The number of nitrogen functional groups attached to an aromatic ring is 1. The predicted molar refractivity (Wildman–Crippen MR) is 67.9 cm³/mol. The molecule has 0 fully saturated rings. The number of oxazole rings is 1. The van der Waals surface area contributed by atoms with Crippen molar-refractivity contribution in [2.24, 2.45) is 0 Å². The van der Waals surface area contributed by atoms with E-state index in [9.17, 15) is 4.79 Å². The van der Waals surface area contributed by atoms with Crippen molar-refractivity contribution in [2.75, 3.05) is 5.73 Å². The number of aryl methyl sites for hydroxylation is 2. The number of aromatic carboxylic acids is 1. The van der Waals surface area contributed by atoms with Crippen molar-refractivity contribution in [3.8, 4) is 0 Å². The number of nitrogens with two attached hydrogens (primary N) is 1. The molecule has 0 bridgehead atoms. The first-order valence-electron chi connectivity index (χ1n) is 5.22. The highest BCUT2D eigenvalue weighted by molar-refractivity contribution is 7.99. The predicted octanol–water partition coefficient (Wildman–Crippen LogP) is 2.72. The third kappa shape index (κ3) is 2.48. The lowest BCUT2D eigenvalue weighted by Gasteiger charge is -2.02. The van der Waals surface area contributed by atoms with E-state index in [1.165, 1.54) is 17.8 Å². The molecule has 0 spiro atoms. The molecule has 18 heavy (non-hydrogen) atoms. The largest absolute Gasteiger partial charge is 0.478 e. The summed E-state index contributed by atoms with van der Waals surface area (Å²) in [5.41, 5.74) is 6.83. The first-order chi connectivity index (χ1) is 8.47. The summed E-state index contributed by atoms with van der Waals surface area (Å²) in [6, 6.07) is 4.75. The monoisotopic (exact) mass is 264 g/mol. The molecular formula is C12H12N2O3S. The van der Waals surface area contributed by atoms with Gasteiger partial charge >= 0.3 is 5.97 Å². The van der Waals surface area contributed by atoms with Crippen LogP contribution in [0.4, 0.5) is 5.69 Å². The molecule has 1 heterocycles. The Bertz CT molecular complexity index is 588. The van der Waals surface area contributed by atoms with E-state index in [4.69, 9.17) is 15.3 Å². The number of aromatic nitrogens is 1. The van der Waals surface area contributed by atoms with Gasteiger partial charge < -0.3 is 15.3 Å². The van der Waals surface area contributed by atoms with Gasteiger partial charge in [-0.2, -0.15) is 0 Å². The van der Waals surface area contributed by atoms with Crippen LogP contribution < -0.4 is 5.73 Å². The second-order valence-corrected chi connectivity index (χ2v) is 4.80. The van der Waals surface area contributed by atoms with Crippen LogP contribution in [0.2, 0.25) is 0 Å². The minimum absolute atomic E-state index is 0.0964. The highest BCUT2D eigenvalue weighted by atomic mass is 32.2. The van der Waals surface area contributed by atoms with Gasteiger partial charge in [0, 0.05) is 10.6 Å². The molecule has 0 unspecified atom stereocenters. The van der Waals surface area contributed by atoms with Gasteiger partial charge in [0.05, 0.1) is 11.3 Å². The smallest absolute Gasteiger partial charge is 0.337 e. The summed E-state index contributed by atoms with van der Waals surface area (Å²) in [7, 11) is 0. The Morgan fingerprint density at radius 3 is 2.67 bits per heavy atom. The van der Waals surface area contributed by atoms with Gasteiger partial charge in [-0.05, 0) is 43.8 Å². The fourth-order valence-electron chi connectivity index (χ4n) is 1.39. The molecule has 0 saturated carbocycles. The third-order valence-electron chi connectivity index (χ3n) is 2.47. The van der Waals surface area contributed by atoms with Crippen molar-refractivity contribution in [3.05, 3.63) is 35.2 Å². The number of carboxylic acid groups (broad SMARTS) is 1. The van der Waals surface area contributed by atoms with Crippen molar-refractivity contribution in [1.82, 2.24) is 4.98 Å². The maximum Gasteiger partial charge on any atom is 0.337 e. The topological polar surface area (TPSA) is 89.3 Å². The molecule has 2 rings (SSSR count). The average Bonchev–Trinajstić information content (AvgIpc) is 2.57. The highest BCUT2D eigenvalue weighted by Crippen LogP contribution is 2.30. The van der Waals surface area contributed by atoms with Crippen LogP contribution in [0.1, 0.15) is 21.8 Å². The Labute approximate surface area is 108 Å². The van der Waals surface area contributed by atoms with Crippen LogP contribution in [0, 0.1) is 13.8 Å². The van der Waals surface area contributed by atoms with Gasteiger partial charge in [0.25, 0.3) is 5.22 Å². The second-order valence-electron chi connectivity index (χ2n) is 3.78. The molecule has 0 aliphatic rings. The number of benzene rings is 1. The Morgan fingerprint density at radius 2 is 2.17 bits per heavy atom. The molecule has 0 radical (unpaired) electrons. The molecule has 0 aliphatic heterocycles. The quantitative estimate of drug-likeness (QED) is 0.828. The summed E-state index contributed by atoms with van der Waals surface area (Å²) in [5, 5.41) is 9.39. The van der Waals surface area contributed by atoms with Gasteiger partial charge in [0.1, 0.15) is 5.76 Å². The number of hydrogen-bond acceptors (Lipinski definition) is 5. The number of nitrogens with zero attached hydrogens (tertiary/aromatic N) is 1. The molecule has 3 N–H and O–H groups in total. The maximum absolute atomic E-state index is 10.8. The lowest BCUT2D eigenvalue weighted by molar-refractivity contribution is 0.0698. The van der Waals surface area contributed by atoms with Gasteiger partial charge in [0.15, 0.2) is 0 Å². The van der Waals surface area contributed by atoms with Gasteiger partial charge in [-0.15, -0.1) is 0 Å². The Hall–Kier alpha value is -1.95. The fraction of sp³-hybridized carbons (Fsp3) is 0.167. The van der Waals surface area contributed by atoms with Crippen molar-refractivity contribution < 1.29 is 14.3 Å². The standard InChI is InChI=1S/C12H12N2O3S/c1-6-7(2)17-12(14-6)18-8-3-4-9(11(15)16)10(13)5-8/h3-5H,13H2,1-2H3,(H,15,16). The normalized spacial score (nSPS) is 10.6. The number of hydrogen-bond donors (Lipinski definition) is 2. The zero-order valence-electron chi connectivity index (χ0n) is 9.93. The van der Waals surface area contributed by atoms with E-state index in [0.29, 0.717) is 5.22 Å². The summed E-state index contributed by atoms with van der Waals surface area (Å²) in [6.07, 6.45) is 0. The average molecular weight is 264 g/mol. The van der Waals surface area contributed by atoms with Crippen LogP contribution >= 0.6 is 11.8 Å². The summed E-state index contributed by atoms with van der Waals surface area (Å²) < 4.78 is 5.43. The van der Waals surface area contributed by atoms with Crippen LogP contribution in [-0.4, -0.2) is 16.1 Å². The van der Waals surface area contributed by atoms with Crippen LogP contribution in [0.5, 0.6) is 0 Å². The highest BCUT2D eigenvalue weighted by Gasteiger charge is 2.11. The summed E-state index contributed by atoms with van der Waals surface area (Å²) in [6.45, 7) is 3.71. The second kappa shape index (κ2) is 4.73. The molecular weight excluding hydrogens is 252 g/mol. The minimum Gasteiger partial charge on any atom is -0.478 e. The van der Waals surface area contributed by atoms with E-state index in [-0.39, 0.29) is 11.3 Å². The molecule has 0 atom stereocenters. The molecule has 0 saturated heterocycles. The molecule has 6 heteroatoms. The molecule has 1 aromatic carbocycles. The molecule has 1 aromatic heterocycles. The van der Waals surface area contributed by atoms with Crippen LogP contribution in [0.25, 0.3) is 0 Å². The molecule has 94 valence electrons. The lowest BCUT2D eigenvalue weighted by atomic mass is 10.2. The van der Waals surface area contributed by atoms with Crippen molar-refractivity contribution in [1.29, 1.82) is 0 Å². The number of carbonyl (C=O) groups is 1. The number of rotatable bonds is 3. The van der Waals surface area contributed by atoms with Crippen LogP contribution in [0.3, 0.4) is 0 Å². The van der Waals surface area contributed by atoms with Gasteiger partial charge in [-0.3, -0.25) is 0 Å². The minimum atomic E-state index is -1.04. The zero-order chi connectivity index (χ0) is 13.3. The Kier molecular flexibility index (Phi) is 3.29. The van der Waals surface area contributed by atoms with Crippen molar-refractivity contribution >= 4 is 23.4 Å². The molecule has 0 aliphatic carbocycles. The van der Waals surface area contributed by atoms with E-state index < -0.39 is 5.97 Å². The first-order valence-corrected chi connectivity index (χ1v) is 6.03. The SMILES string of the molecule is Cc1nc(Sc2ccc(C(=O)O)c(N)c2)oc1C. The van der Waals surface area contributed by atoms with E-state index in [0.717, 1.165) is 16.3 Å². The fourth-order valence-corrected chi connectivity index (χ4v) is 2.26. The molecule has 0 amide bonds. The Balaban J connectivity index is 2.25. The zero-order valence-corrected chi connectivity index (χ0v) is 10.7. The summed E-state index contributed by atoms with van der Waals surface area (Å²) >= 11 is 1.31. The van der Waals surface area contributed by atoms with E-state index in [1.807, 2.05) is 13.8 Å². The van der Waals surface area contributed by atoms with Gasteiger partial charge in [0.2, 0.25) is 0 Å². The van der Waals surface area contributed by atoms with E-state index in [2.05, 4.69) is 4.98 Å².